The summed E-state index contributed by atoms with van der Waals surface area (Å²) in [6.07, 6.45) is 0.891. The lowest BCUT2D eigenvalue weighted by molar-refractivity contribution is -0.143. The second-order valence-corrected chi connectivity index (χ2v) is 11.8. The summed E-state index contributed by atoms with van der Waals surface area (Å²) in [5.41, 5.74) is 1.28. The number of hydrogen-bond acceptors (Lipinski definition) is 5. The van der Waals surface area contributed by atoms with Crippen molar-refractivity contribution >= 4 is 17.9 Å². The van der Waals surface area contributed by atoms with Gasteiger partial charge < -0.3 is 25.4 Å². The maximum absolute atomic E-state index is 14.2. The average molecular weight is 540 g/mol. The predicted octanol–water partition coefficient (Wildman–Crippen LogP) is 5.29. The van der Waals surface area contributed by atoms with Gasteiger partial charge in [-0.1, -0.05) is 50.2 Å². The molecule has 0 heterocycles. The molecule has 2 atom stereocenters. The minimum atomic E-state index is -1.00. The van der Waals surface area contributed by atoms with E-state index in [1.54, 1.807) is 37.8 Å². The molecule has 0 aromatic heterocycles. The van der Waals surface area contributed by atoms with Gasteiger partial charge in [0.2, 0.25) is 11.8 Å². The molecule has 8 nitrogen and oxygen atoms in total. The van der Waals surface area contributed by atoms with E-state index >= 15 is 0 Å². The zero-order valence-corrected chi connectivity index (χ0v) is 24.6. The van der Waals surface area contributed by atoms with Crippen molar-refractivity contribution in [2.45, 2.75) is 97.9 Å². The first-order chi connectivity index (χ1) is 18.1. The molecular formula is C31H45N3O5. The summed E-state index contributed by atoms with van der Waals surface area (Å²) in [7, 11) is 0. The zero-order chi connectivity index (χ0) is 29.4. The molecule has 214 valence electrons. The number of nitrogens with one attached hydrogen (secondary N) is 2. The number of phenols is 1. The molecule has 3 N–H and O–H groups in total. The summed E-state index contributed by atoms with van der Waals surface area (Å²) in [5.74, 6) is -0.595. The van der Waals surface area contributed by atoms with Gasteiger partial charge in [-0.3, -0.25) is 9.59 Å². The third kappa shape index (κ3) is 10.3. The fraction of sp³-hybridized carbons (Fsp3) is 0.516. The fourth-order valence-corrected chi connectivity index (χ4v) is 4.17. The first-order valence-electron chi connectivity index (χ1n) is 13.6. The molecule has 0 saturated heterocycles. The van der Waals surface area contributed by atoms with E-state index in [0.717, 1.165) is 17.5 Å². The van der Waals surface area contributed by atoms with E-state index < -0.39 is 35.2 Å². The molecule has 8 heteroatoms. The number of ether oxygens (including phenoxy) is 1. The number of carbonyl (C=O) groups is 3. The lowest BCUT2D eigenvalue weighted by atomic mass is 9.97. The third-order valence-corrected chi connectivity index (χ3v) is 5.87. The van der Waals surface area contributed by atoms with Crippen LogP contribution in [0.5, 0.6) is 5.75 Å². The van der Waals surface area contributed by atoms with E-state index in [4.69, 9.17) is 4.74 Å². The van der Waals surface area contributed by atoms with Crippen molar-refractivity contribution in [1.82, 2.24) is 15.5 Å². The number of aromatic hydroxyl groups is 1. The van der Waals surface area contributed by atoms with Gasteiger partial charge in [0.1, 0.15) is 23.4 Å². The van der Waals surface area contributed by atoms with E-state index in [2.05, 4.69) is 17.6 Å². The fourth-order valence-electron chi connectivity index (χ4n) is 4.17. The first-order valence-corrected chi connectivity index (χ1v) is 13.6. The predicted molar refractivity (Wildman–Crippen MR) is 153 cm³/mol. The molecule has 0 aliphatic rings. The van der Waals surface area contributed by atoms with Gasteiger partial charge in [0, 0.05) is 18.5 Å². The summed E-state index contributed by atoms with van der Waals surface area (Å²) in [6, 6.07) is 12.3. The van der Waals surface area contributed by atoms with Crippen molar-refractivity contribution in [3.8, 4) is 5.75 Å². The van der Waals surface area contributed by atoms with Gasteiger partial charge in [-0.05, 0) is 83.2 Å². The van der Waals surface area contributed by atoms with Gasteiger partial charge in [0.05, 0.1) is 0 Å². The van der Waals surface area contributed by atoms with E-state index in [1.165, 1.54) is 12.1 Å². The SMILES string of the molecule is CCCN(C(=O)C(Cc1ccc(O)cc1)NC(=O)OC(C)(C)C)C(C(=O)NC(C)(C)C)c1ccc(CC)cc1. The van der Waals surface area contributed by atoms with Crippen LogP contribution in [0.3, 0.4) is 0 Å². The molecule has 0 aliphatic heterocycles. The molecule has 3 amide bonds. The molecule has 0 fully saturated rings. The van der Waals surface area contributed by atoms with Gasteiger partial charge in [-0.25, -0.2) is 4.79 Å². The third-order valence-electron chi connectivity index (χ3n) is 5.87. The lowest BCUT2D eigenvalue weighted by Crippen LogP contribution is -2.55. The smallest absolute Gasteiger partial charge is 0.408 e. The van der Waals surface area contributed by atoms with Gasteiger partial charge in [0.15, 0.2) is 0 Å². The van der Waals surface area contributed by atoms with Crippen LogP contribution in [0.1, 0.15) is 84.5 Å². The average Bonchev–Trinajstić information content (AvgIpc) is 2.82. The highest BCUT2D eigenvalue weighted by Crippen LogP contribution is 2.25. The molecule has 0 radical (unpaired) electrons. The van der Waals surface area contributed by atoms with Crippen LogP contribution in [0.15, 0.2) is 48.5 Å². The monoisotopic (exact) mass is 539 g/mol. The van der Waals surface area contributed by atoms with Crippen molar-refractivity contribution in [1.29, 1.82) is 0 Å². The summed E-state index contributed by atoms with van der Waals surface area (Å²) in [4.78, 5) is 42.3. The Morgan fingerprint density at radius 1 is 0.897 bits per heavy atom. The summed E-state index contributed by atoms with van der Waals surface area (Å²) >= 11 is 0. The normalized spacial score (nSPS) is 13.2. The van der Waals surface area contributed by atoms with Crippen LogP contribution in [0.4, 0.5) is 4.79 Å². The van der Waals surface area contributed by atoms with Gasteiger partial charge in [0.25, 0.3) is 0 Å². The van der Waals surface area contributed by atoms with Crippen molar-refractivity contribution in [2.24, 2.45) is 0 Å². The van der Waals surface area contributed by atoms with E-state index in [-0.39, 0.29) is 18.1 Å². The maximum Gasteiger partial charge on any atom is 0.408 e. The molecule has 0 saturated carbocycles. The number of phenolic OH excluding ortho intramolecular Hbond substituents is 1. The molecule has 2 rings (SSSR count). The largest absolute Gasteiger partial charge is 0.508 e. The molecule has 2 aromatic rings. The summed E-state index contributed by atoms with van der Waals surface area (Å²) < 4.78 is 5.46. The molecule has 2 unspecified atom stereocenters. The molecule has 39 heavy (non-hydrogen) atoms. The Labute approximate surface area is 233 Å². The Kier molecular flexibility index (Phi) is 11.0. The second kappa shape index (κ2) is 13.5. The topological polar surface area (TPSA) is 108 Å². The second-order valence-electron chi connectivity index (χ2n) is 11.8. The maximum atomic E-state index is 14.2. The Hall–Kier alpha value is -3.55. The molecule has 0 spiro atoms. The van der Waals surface area contributed by atoms with Gasteiger partial charge >= 0.3 is 6.09 Å². The standard InChI is InChI=1S/C31H45N3O5/c1-9-19-34(26(27(36)33-30(3,4)5)23-15-11-21(10-2)12-16-23)28(37)25(32-29(38)39-31(6,7)8)20-22-13-17-24(35)18-14-22/h11-18,25-26,35H,9-10,19-20H2,1-8H3,(H,32,38)(H,33,36). The van der Waals surface area contributed by atoms with Crippen molar-refractivity contribution in [3.05, 3.63) is 65.2 Å². The van der Waals surface area contributed by atoms with Crippen LogP contribution in [-0.2, 0) is 27.2 Å². The van der Waals surface area contributed by atoms with Crippen LogP contribution in [0.2, 0.25) is 0 Å². The number of aryl methyl sites for hydroxylation is 1. The van der Waals surface area contributed by atoms with Gasteiger partial charge in [-0.15, -0.1) is 0 Å². The highest BCUT2D eigenvalue weighted by atomic mass is 16.6. The highest BCUT2D eigenvalue weighted by Gasteiger charge is 2.37. The Morgan fingerprint density at radius 3 is 1.95 bits per heavy atom. The number of carbonyl (C=O) groups excluding carboxylic acids is 3. The molecule has 0 bridgehead atoms. The van der Waals surface area contributed by atoms with Crippen LogP contribution in [0, 0.1) is 0 Å². The number of hydrogen-bond donors (Lipinski definition) is 3. The van der Waals surface area contributed by atoms with Crippen molar-refractivity contribution < 1.29 is 24.2 Å². The number of alkyl carbamates (subject to hydrolysis) is 1. The minimum absolute atomic E-state index is 0.101. The Morgan fingerprint density at radius 2 is 1.46 bits per heavy atom. The van der Waals surface area contributed by atoms with Crippen LogP contribution in [-0.4, -0.2) is 51.6 Å². The number of rotatable bonds is 10. The number of nitrogens with zero attached hydrogens (tertiary/aromatic N) is 1. The Balaban J connectivity index is 2.54. The first kappa shape index (κ1) is 31.7. The number of benzene rings is 2. The summed E-state index contributed by atoms with van der Waals surface area (Å²) in [5, 5.41) is 15.5. The Bertz CT molecular complexity index is 1100. The highest BCUT2D eigenvalue weighted by molar-refractivity contribution is 5.92. The molecule has 0 aliphatic carbocycles. The van der Waals surface area contributed by atoms with Gasteiger partial charge in [-0.2, -0.15) is 0 Å². The zero-order valence-electron chi connectivity index (χ0n) is 24.6. The summed E-state index contributed by atoms with van der Waals surface area (Å²) in [6.45, 7) is 15.2. The lowest BCUT2D eigenvalue weighted by Gasteiger charge is -2.36. The van der Waals surface area contributed by atoms with E-state index in [0.29, 0.717) is 18.5 Å². The van der Waals surface area contributed by atoms with E-state index in [1.807, 2.05) is 52.0 Å². The van der Waals surface area contributed by atoms with Crippen LogP contribution < -0.4 is 10.6 Å². The van der Waals surface area contributed by atoms with E-state index in [9.17, 15) is 19.5 Å². The quantitative estimate of drug-likeness (QED) is 0.381. The van der Waals surface area contributed by atoms with Crippen molar-refractivity contribution in [2.75, 3.05) is 6.54 Å². The molecular weight excluding hydrogens is 494 g/mol. The molecule has 2 aromatic carbocycles. The number of amides is 3. The van der Waals surface area contributed by atoms with Crippen LogP contribution in [0.25, 0.3) is 0 Å². The minimum Gasteiger partial charge on any atom is -0.508 e. The van der Waals surface area contributed by atoms with Crippen molar-refractivity contribution in [3.63, 3.8) is 0 Å². The van der Waals surface area contributed by atoms with Crippen LogP contribution >= 0.6 is 0 Å².